The van der Waals surface area contributed by atoms with Crippen molar-refractivity contribution in [3.8, 4) is 11.4 Å². The van der Waals surface area contributed by atoms with E-state index in [1.54, 1.807) is 11.3 Å². The molecular weight excluding hydrogens is 450 g/mol. The molecule has 4 rings (SSSR count). The van der Waals surface area contributed by atoms with Crippen molar-refractivity contribution >= 4 is 34.5 Å². The van der Waals surface area contributed by atoms with Crippen LogP contribution in [0.5, 0.6) is 0 Å². The summed E-state index contributed by atoms with van der Waals surface area (Å²) in [6.07, 6.45) is 5.26. The van der Waals surface area contributed by atoms with E-state index in [1.807, 2.05) is 35.0 Å². The summed E-state index contributed by atoms with van der Waals surface area (Å²) >= 11 is 1.56. The van der Waals surface area contributed by atoms with Gasteiger partial charge in [0.05, 0.1) is 0 Å². The number of carbonyl (C=O) groups is 2. The molecule has 0 saturated carbocycles. The summed E-state index contributed by atoms with van der Waals surface area (Å²) in [6.45, 7) is 4.15. The second-order valence-corrected chi connectivity index (χ2v) is 9.30. The zero-order valence-electron chi connectivity index (χ0n) is 19.5. The van der Waals surface area contributed by atoms with Gasteiger partial charge in [-0.1, -0.05) is 31.0 Å². The van der Waals surface area contributed by atoms with E-state index < -0.39 is 6.04 Å². The first-order valence-electron chi connectivity index (χ1n) is 11.9. The molecule has 0 spiro atoms. The number of aryl methyl sites for hydroxylation is 1. The number of unbranched alkanes of at least 4 members (excludes halogenated alkanes) is 1. The minimum absolute atomic E-state index is 0.172. The first-order valence-corrected chi connectivity index (χ1v) is 12.9. The second kappa shape index (κ2) is 11.8. The number of nitrogens with zero attached hydrogens (tertiary/aromatic N) is 3. The largest absolute Gasteiger partial charge is 0.371 e. The predicted octanol–water partition coefficient (Wildman–Crippen LogP) is 4.64. The lowest BCUT2D eigenvalue weighted by atomic mass is 10.1. The van der Waals surface area contributed by atoms with E-state index in [9.17, 15) is 9.59 Å². The van der Waals surface area contributed by atoms with Crippen molar-refractivity contribution in [3.05, 3.63) is 47.0 Å². The van der Waals surface area contributed by atoms with Crippen LogP contribution in [0, 0.1) is 0 Å². The number of thiophene rings is 1. The molecule has 1 fully saturated rings. The fraction of sp³-hybridized carbons (Fsp3) is 0.440. The fourth-order valence-corrected chi connectivity index (χ4v) is 4.65. The zero-order valence-corrected chi connectivity index (χ0v) is 20.3. The van der Waals surface area contributed by atoms with E-state index in [4.69, 9.17) is 4.52 Å². The van der Waals surface area contributed by atoms with Crippen molar-refractivity contribution in [2.75, 3.05) is 23.3 Å². The number of hydrogen-bond donors (Lipinski definition) is 2. The molecule has 0 bridgehead atoms. The average Bonchev–Trinajstić information content (AvgIpc) is 3.63. The molecule has 1 aliphatic heterocycles. The van der Waals surface area contributed by atoms with E-state index in [-0.39, 0.29) is 18.2 Å². The van der Waals surface area contributed by atoms with Crippen LogP contribution >= 0.6 is 11.3 Å². The Kier molecular flexibility index (Phi) is 8.30. The van der Waals surface area contributed by atoms with E-state index in [1.165, 1.54) is 12.8 Å². The zero-order chi connectivity index (χ0) is 23.8. The molecule has 8 nitrogen and oxygen atoms in total. The van der Waals surface area contributed by atoms with Crippen molar-refractivity contribution in [3.63, 3.8) is 0 Å². The summed E-state index contributed by atoms with van der Waals surface area (Å²) in [5.41, 5.74) is 2.76. The van der Waals surface area contributed by atoms with Gasteiger partial charge >= 0.3 is 0 Å². The van der Waals surface area contributed by atoms with Gasteiger partial charge in [0, 0.05) is 48.2 Å². The molecule has 34 heavy (non-hydrogen) atoms. The SMILES string of the molecule is CCCC[C@H](NC(=O)CCc1nc(-c2ccsc2)no1)C(=O)Nc1cccc(N2CCCC2)c1. The summed E-state index contributed by atoms with van der Waals surface area (Å²) in [7, 11) is 0. The highest BCUT2D eigenvalue weighted by Crippen LogP contribution is 2.23. The van der Waals surface area contributed by atoms with Gasteiger partial charge in [-0.05, 0) is 48.9 Å². The lowest BCUT2D eigenvalue weighted by Gasteiger charge is -2.20. The number of hydrogen-bond acceptors (Lipinski definition) is 7. The molecule has 2 amide bonds. The third-order valence-corrected chi connectivity index (χ3v) is 6.58. The number of carbonyl (C=O) groups excluding carboxylic acids is 2. The van der Waals surface area contributed by atoms with Crippen LogP contribution in [0.4, 0.5) is 11.4 Å². The maximum atomic E-state index is 13.0. The number of amides is 2. The molecule has 1 atom stereocenters. The molecule has 1 saturated heterocycles. The summed E-state index contributed by atoms with van der Waals surface area (Å²) < 4.78 is 5.27. The summed E-state index contributed by atoms with van der Waals surface area (Å²) in [5.74, 6) is 0.521. The topological polar surface area (TPSA) is 100 Å². The van der Waals surface area contributed by atoms with Crippen molar-refractivity contribution in [1.82, 2.24) is 15.5 Å². The van der Waals surface area contributed by atoms with Gasteiger partial charge in [-0.15, -0.1) is 0 Å². The summed E-state index contributed by atoms with van der Waals surface area (Å²) in [4.78, 5) is 32.3. The third-order valence-electron chi connectivity index (χ3n) is 5.90. The Hall–Kier alpha value is -3.20. The molecule has 2 N–H and O–H groups in total. The van der Waals surface area contributed by atoms with Crippen LogP contribution < -0.4 is 15.5 Å². The number of rotatable bonds is 11. The van der Waals surface area contributed by atoms with Gasteiger partial charge in [0.2, 0.25) is 23.5 Å². The van der Waals surface area contributed by atoms with E-state index >= 15 is 0 Å². The first-order chi connectivity index (χ1) is 16.6. The molecule has 1 aliphatic rings. The molecule has 3 aromatic rings. The van der Waals surface area contributed by atoms with Gasteiger partial charge in [-0.3, -0.25) is 9.59 Å². The van der Waals surface area contributed by atoms with Crippen molar-refractivity contribution < 1.29 is 14.1 Å². The number of benzene rings is 1. The van der Waals surface area contributed by atoms with Gasteiger partial charge in [0.1, 0.15) is 6.04 Å². The minimum Gasteiger partial charge on any atom is -0.371 e. The average molecular weight is 482 g/mol. The molecule has 180 valence electrons. The highest BCUT2D eigenvalue weighted by atomic mass is 32.1. The van der Waals surface area contributed by atoms with Gasteiger partial charge in [-0.25, -0.2) is 0 Å². The standard InChI is InChI=1S/C25H31N5O3S/c1-2-3-9-21(25(32)26-19-7-6-8-20(16-19)30-13-4-5-14-30)27-22(31)10-11-23-28-24(29-33-23)18-12-15-34-17-18/h6-8,12,15-17,21H,2-5,9-11,13-14H2,1H3,(H,26,32)(H,27,31)/t21-/m0/s1. The molecular formula is C25H31N5O3S. The van der Waals surface area contributed by atoms with E-state index in [0.29, 0.717) is 24.6 Å². The normalized spacial score (nSPS) is 14.2. The molecule has 0 radical (unpaired) electrons. The Morgan fingerprint density at radius 2 is 2.09 bits per heavy atom. The molecule has 0 unspecified atom stereocenters. The van der Waals surface area contributed by atoms with E-state index in [0.717, 1.165) is 42.9 Å². The monoisotopic (exact) mass is 481 g/mol. The van der Waals surface area contributed by atoms with Gasteiger partial charge in [0.25, 0.3) is 0 Å². The van der Waals surface area contributed by atoms with Crippen molar-refractivity contribution in [1.29, 1.82) is 0 Å². The number of aromatic nitrogens is 2. The maximum absolute atomic E-state index is 13.0. The molecule has 3 heterocycles. The maximum Gasteiger partial charge on any atom is 0.246 e. The van der Waals surface area contributed by atoms with Crippen LogP contribution in [0.25, 0.3) is 11.4 Å². The van der Waals surface area contributed by atoms with Crippen LogP contribution in [0.1, 0.15) is 51.3 Å². The van der Waals surface area contributed by atoms with Crippen molar-refractivity contribution in [2.45, 2.75) is 57.9 Å². The molecule has 0 aliphatic carbocycles. The summed E-state index contributed by atoms with van der Waals surface area (Å²) in [6, 6.07) is 9.24. The van der Waals surface area contributed by atoms with Crippen molar-refractivity contribution in [2.24, 2.45) is 0 Å². The Labute approximate surface area is 203 Å². The van der Waals surface area contributed by atoms with Gasteiger partial charge in [-0.2, -0.15) is 16.3 Å². The quantitative estimate of drug-likeness (QED) is 0.414. The number of nitrogens with one attached hydrogen (secondary N) is 2. The van der Waals surface area contributed by atoms with Gasteiger partial charge < -0.3 is 20.1 Å². The highest BCUT2D eigenvalue weighted by molar-refractivity contribution is 7.08. The van der Waals surface area contributed by atoms with Crippen LogP contribution in [-0.4, -0.2) is 41.1 Å². The van der Waals surface area contributed by atoms with Crippen LogP contribution in [0.3, 0.4) is 0 Å². The Morgan fingerprint density at radius 3 is 2.85 bits per heavy atom. The fourth-order valence-electron chi connectivity index (χ4n) is 4.01. The van der Waals surface area contributed by atoms with E-state index in [2.05, 4.69) is 38.7 Å². The number of anilines is 2. The van der Waals surface area contributed by atoms with Crippen LogP contribution in [0.15, 0.2) is 45.6 Å². The first kappa shape index (κ1) is 23.9. The second-order valence-electron chi connectivity index (χ2n) is 8.52. The smallest absolute Gasteiger partial charge is 0.246 e. The predicted molar refractivity (Wildman–Crippen MR) is 134 cm³/mol. The summed E-state index contributed by atoms with van der Waals surface area (Å²) in [5, 5.41) is 13.8. The third kappa shape index (κ3) is 6.44. The molecule has 2 aromatic heterocycles. The highest BCUT2D eigenvalue weighted by Gasteiger charge is 2.21. The van der Waals surface area contributed by atoms with Crippen LogP contribution in [0.2, 0.25) is 0 Å². The Bertz CT molecular complexity index is 1080. The Morgan fingerprint density at radius 1 is 1.24 bits per heavy atom. The molecule has 1 aromatic carbocycles. The lowest BCUT2D eigenvalue weighted by Crippen LogP contribution is -2.43. The molecule has 9 heteroatoms. The minimum atomic E-state index is -0.591. The van der Waals surface area contributed by atoms with Crippen LogP contribution in [-0.2, 0) is 16.0 Å². The Balaban J connectivity index is 1.32. The van der Waals surface area contributed by atoms with Gasteiger partial charge in [0.15, 0.2) is 0 Å². The lowest BCUT2D eigenvalue weighted by molar-refractivity contribution is -0.126.